The number of H-pyrrole nitrogens is 1. The maximum Gasteiger partial charge on any atom is 0.287 e. The number of para-hydroxylation sites is 1. The molecule has 4 rings (SSSR count). The maximum atomic E-state index is 13.1. The first kappa shape index (κ1) is 18.9. The molecule has 4 nitrogen and oxygen atoms in total. The Balaban J connectivity index is 1.47. The van der Waals surface area contributed by atoms with Crippen LogP contribution < -0.4 is 10.6 Å². The topological polar surface area (TPSA) is 61.5 Å². The number of halogens is 1. The molecule has 0 radical (unpaired) electrons. The molecule has 29 heavy (non-hydrogen) atoms. The number of carbonyl (C=O) groups excluding carboxylic acids is 1. The third kappa shape index (κ3) is 4.52. The highest BCUT2D eigenvalue weighted by molar-refractivity contribution is 5.94. The van der Waals surface area contributed by atoms with Gasteiger partial charge in [0.25, 0.3) is 5.91 Å². The monoisotopic (exact) mass is 388 g/mol. The van der Waals surface area contributed by atoms with E-state index in [0.29, 0.717) is 5.69 Å². The standard InChI is InChI=1S/C24H22FN3O/c25-19-10-12-20(13-11-19)28-24(29)23(17-6-2-1-3-7-17)26-15-14-18-16-27-22-9-5-4-8-21(18)22/h1-13,16,23,26-27H,14-15H2,(H,28,29)/p+1/t23-/m0/s1. The van der Waals surface area contributed by atoms with Gasteiger partial charge in [0.1, 0.15) is 5.82 Å². The minimum Gasteiger partial charge on any atom is -0.361 e. The maximum absolute atomic E-state index is 13.1. The molecule has 1 heterocycles. The molecule has 0 aliphatic heterocycles. The van der Waals surface area contributed by atoms with E-state index in [2.05, 4.69) is 27.8 Å². The van der Waals surface area contributed by atoms with Gasteiger partial charge < -0.3 is 15.6 Å². The first-order valence-electron chi connectivity index (χ1n) is 9.70. The molecule has 0 bridgehead atoms. The lowest BCUT2D eigenvalue weighted by Gasteiger charge is -2.16. The highest BCUT2D eigenvalue weighted by Crippen LogP contribution is 2.18. The molecule has 0 aliphatic rings. The van der Waals surface area contributed by atoms with E-state index in [1.807, 2.05) is 48.7 Å². The minimum atomic E-state index is -0.383. The fourth-order valence-electron chi connectivity index (χ4n) is 3.55. The smallest absolute Gasteiger partial charge is 0.287 e. The summed E-state index contributed by atoms with van der Waals surface area (Å²) in [5.41, 5.74) is 3.88. The number of anilines is 1. The highest BCUT2D eigenvalue weighted by Gasteiger charge is 2.24. The van der Waals surface area contributed by atoms with Crippen molar-refractivity contribution in [2.24, 2.45) is 0 Å². The van der Waals surface area contributed by atoms with Crippen LogP contribution in [0.2, 0.25) is 0 Å². The Hall–Kier alpha value is -3.44. The molecular weight excluding hydrogens is 365 g/mol. The quantitative estimate of drug-likeness (QED) is 0.443. The lowest BCUT2D eigenvalue weighted by molar-refractivity contribution is -0.682. The van der Waals surface area contributed by atoms with Gasteiger partial charge in [0, 0.05) is 34.8 Å². The summed E-state index contributed by atoms with van der Waals surface area (Å²) in [5.74, 6) is -0.449. The Kier molecular flexibility index (Phi) is 5.68. The van der Waals surface area contributed by atoms with Gasteiger partial charge in [-0.2, -0.15) is 0 Å². The summed E-state index contributed by atoms with van der Waals surface area (Å²) in [6, 6.07) is 23.4. The molecule has 1 atom stereocenters. The van der Waals surface area contributed by atoms with E-state index in [1.54, 1.807) is 12.1 Å². The van der Waals surface area contributed by atoms with E-state index in [4.69, 9.17) is 0 Å². The van der Waals surface area contributed by atoms with E-state index >= 15 is 0 Å². The Morgan fingerprint density at radius 1 is 0.966 bits per heavy atom. The van der Waals surface area contributed by atoms with E-state index in [1.165, 1.54) is 23.1 Å². The van der Waals surface area contributed by atoms with E-state index in [0.717, 1.165) is 24.0 Å². The minimum absolute atomic E-state index is 0.123. The molecule has 0 saturated carbocycles. The van der Waals surface area contributed by atoms with Crippen LogP contribution in [0.5, 0.6) is 0 Å². The van der Waals surface area contributed by atoms with Crippen molar-refractivity contribution in [3.05, 3.63) is 102 Å². The molecule has 0 fully saturated rings. The normalized spacial score (nSPS) is 12.0. The third-order valence-corrected chi connectivity index (χ3v) is 5.04. The van der Waals surface area contributed by atoms with Crippen LogP contribution >= 0.6 is 0 Å². The number of quaternary nitrogens is 1. The fraction of sp³-hybridized carbons (Fsp3) is 0.125. The van der Waals surface area contributed by atoms with Gasteiger partial charge in [-0.25, -0.2) is 4.39 Å². The number of fused-ring (bicyclic) bond motifs is 1. The molecular formula is C24H23FN3O+. The molecule has 0 saturated heterocycles. The van der Waals surface area contributed by atoms with Crippen molar-refractivity contribution >= 4 is 22.5 Å². The summed E-state index contributed by atoms with van der Waals surface area (Å²) in [4.78, 5) is 16.3. The molecule has 146 valence electrons. The third-order valence-electron chi connectivity index (χ3n) is 5.04. The van der Waals surface area contributed by atoms with Gasteiger partial charge in [0.2, 0.25) is 0 Å². The van der Waals surface area contributed by atoms with Crippen molar-refractivity contribution in [3.8, 4) is 0 Å². The van der Waals surface area contributed by atoms with Crippen molar-refractivity contribution in [2.45, 2.75) is 12.5 Å². The molecule has 3 aromatic carbocycles. The number of benzene rings is 3. The van der Waals surface area contributed by atoms with Crippen LogP contribution in [0.4, 0.5) is 10.1 Å². The molecule has 1 amide bonds. The molecule has 4 N–H and O–H groups in total. The number of aromatic nitrogens is 1. The number of aromatic amines is 1. The average Bonchev–Trinajstić information content (AvgIpc) is 3.16. The average molecular weight is 388 g/mol. The summed E-state index contributed by atoms with van der Waals surface area (Å²) in [6.07, 6.45) is 2.88. The van der Waals surface area contributed by atoms with Crippen molar-refractivity contribution in [1.82, 2.24) is 4.98 Å². The van der Waals surface area contributed by atoms with Crippen LogP contribution in [-0.4, -0.2) is 17.4 Å². The zero-order chi connectivity index (χ0) is 20.1. The Bertz CT molecular complexity index is 1090. The van der Waals surface area contributed by atoms with Gasteiger partial charge in [-0.3, -0.25) is 4.79 Å². The van der Waals surface area contributed by atoms with Gasteiger partial charge in [0.15, 0.2) is 6.04 Å². The van der Waals surface area contributed by atoms with Crippen molar-refractivity contribution in [1.29, 1.82) is 0 Å². The zero-order valence-corrected chi connectivity index (χ0v) is 15.9. The Morgan fingerprint density at radius 2 is 1.69 bits per heavy atom. The second kappa shape index (κ2) is 8.71. The summed E-state index contributed by atoms with van der Waals surface area (Å²) >= 11 is 0. The number of amides is 1. The Labute approximate surface area is 168 Å². The van der Waals surface area contributed by atoms with Crippen LogP contribution in [0.3, 0.4) is 0 Å². The number of rotatable bonds is 7. The van der Waals surface area contributed by atoms with Crippen LogP contribution in [0.25, 0.3) is 10.9 Å². The summed E-state index contributed by atoms with van der Waals surface area (Å²) in [6.45, 7) is 0.762. The van der Waals surface area contributed by atoms with Crippen LogP contribution in [0, 0.1) is 5.82 Å². The summed E-state index contributed by atoms with van der Waals surface area (Å²) in [5, 5.41) is 6.17. The SMILES string of the molecule is O=C(Nc1ccc(F)cc1)[C@@H]([NH2+]CCc1c[nH]c2ccccc12)c1ccccc1. The zero-order valence-electron chi connectivity index (χ0n) is 15.9. The largest absolute Gasteiger partial charge is 0.361 e. The van der Waals surface area contributed by atoms with Gasteiger partial charge in [-0.05, 0) is 35.9 Å². The number of hydrogen-bond donors (Lipinski definition) is 3. The lowest BCUT2D eigenvalue weighted by Crippen LogP contribution is -2.87. The Morgan fingerprint density at radius 3 is 2.48 bits per heavy atom. The van der Waals surface area contributed by atoms with E-state index < -0.39 is 0 Å². The second-order valence-electron chi connectivity index (χ2n) is 7.02. The summed E-state index contributed by atoms with van der Waals surface area (Å²) in [7, 11) is 0. The number of carbonyl (C=O) groups is 1. The molecule has 0 unspecified atom stereocenters. The van der Waals surface area contributed by atoms with E-state index in [-0.39, 0.29) is 17.8 Å². The molecule has 4 aromatic rings. The highest BCUT2D eigenvalue weighted by atomic mass is 19.1. The van der Waals surface area contributed by atoms with Crippen molar-refractivity contribution < 1.29 is 14.5 Å². The second-order valence-corrected chi connectivity index (χ2v) is 7.02. The fourth-order valence-corrected chi connectivity index (χ4v) is 3.55. The molecule has 5 heteroatoms. The predicted molar refractivity (Wildman–Crippen MR) is 113 cm³/mol. The van der Waals surface area contributed by atoms with Gasteiger partial charge in [0.05, 0.1) is 6.54 Å². The van der Waals surface area contributed by atoms with Gasteiger partial charge in [-0.15, -0.1) is 0 Å². The number of hydrogen-bond acceptors (Lipinski definition) is 1. The first-order chi connectivity index (χ1) is 14.2. The number of nitrogens with two attached hydrogens (primary N) is 1. The summed E-state index contributed by atoms with van der Waals surface area (Å²) < 4.78 is 13.1. The van der Waals surface area contributed by atoms with Crippen LogP contribution in [0.15, 0.2) is 85.1 Å². The van der Waals surface area contributed by atoms with Gasteiger partial charge in [-0.1, -0.05) is 48.5 Å². The van der Waals surface area contributed by atoms with Crippen molar-refractivity contribution in [3.63, 3.8) is 0 Å². The number of nitrogens with one attached hydrogen (secondary N) is 2. The lowest BCUT2D eigenvalue weighted by atomic mass is 10.0. The van der Waals surface area contributed by atoms with Gasteiger partial charge >= 0.3 is 0 Å². The molecule has 1 aromatic heterocycles. The van der Waals surface area contributed by atoms with Crippen molar-refractivity contribution in [2.75, 3.05) is 11.9 Å². The first-order valence-corrected chi connectivity index (χ1v) is 9.70. The van der Waals surface area contributed by atoms with Crippen LogP contribution in [0.1, 0.15) is 17.2 Å². The molecule has 0 aliphatic carbocycles. The van der Waals surface area contributed by atoms with Crippen LogP contribution in [-0.2, 0) is 11.2 Å². The molecule has 0 spiro atoms. The predicted octanol–water partition coefficient (Wildman–Crippen LogP) is 3.79. The van der Waals surface area contributed by atoms with E-state index in [9.17, 15) is 9.18 Å².